The average molecular weight is 1550 g/mol. The number of carbonyl (C=O) groups excluding carboxylic acids is 8. The Hall–Kier alpha value is -9.31. The first-order chi connectivity index (χ1) is 53.5. The number of nitrogens with zero attached hydrogens (tertiary/aromatic N) is 5. The Morgan fingerprint density at radius 3 is 1.58 bits per heavy atom. The van der Waals surface area contributed by atoms with Gasteiger partial charge in [-0.25, -0.2) is 0 Å². The normalized spacial score (nSPS) is 17.3. The molecule has 4 aromatic carbocycles. The van der Waals surface area contributed by atoms with Gasteiger partial charge in [-0.15, -0.1) is 11.8 Å². The van der Waals surface area contributed by atoms with Crippen LogP contribution < -0.4 is 44.4 Å². The molecule has 1 saturated heterocycles. The van der Waals surface area contributed by atoms with Gasteiger partial charge in [0, 0.05) is 107 Å². The zero-order chi connectivity index (χ0) is 77.7. The molecule has 30 nitrogen and oxygen atoms in total. The van der Waals surface area contributed by atoms with Gasteiger partial charge in [-0.3, -0.25) is 53.2 Å². The molecule has 1 fully saturated rings. The number of aliphatic imine (C=N–C) groups is 2. The fraction of sp³-hybridized carbons (Fsp3) is 0.519. The van der Waals surface area contributed by atoms with E-state index in [0.29, 0.717) is 181 Å². The van der Waals surface area contributed by atoms with E-state index in [1.807, 2.05) is 63.5 Å². The van der Waals surface area contributed by atoms with E-state index >= 15 is 0 Å². The van der Waals surface area contributed by atoms with Crippen molar-refractivity contribution in [1.29, 1.82) is 0 Å². The number of carbonyl (C=O) groups is 8. The van der Waals surface area contributed by atoms with E-state index in [-0.39, 0.29) is 136 Å². The number of hydrogen-bond donors (Lipinski definition) is 3. The molecule has 31 heteroatoms. The molecule has 0 radical (unpaired) electrons. The number of hydrogen-bond acceptors (Lipinski definition) is 25. The van der Waals surface area contributed by atoms with Crippen LogP contribution in [-0.2, 0) is 66.7 Å². The van der Waals surface area contributed by atoms with Gasteiger partial charge in [0.05, 0.1) is 179 Å². The van der Waals surface area contributed by atoms with Crippen molar-refractivity contribution in [2.24, 2.45) is 21.8 Å². The molecular weight excluding hydrogens is 1440 g/mol. The molecule has 0 spiro atoms. The zero-order valence-electron chi connectivity index (χ0n) is 63.3. The Kier molecular flexibility index (Phi) is 32.3. The highest BCUT2D eigenvalue weighted by atomic mass is 32.2. The van der Waals surface area contributed by atoms with E-state index in [1.54, 1.807) is 65.6 Å². The summed E-state index contributed by atoms with van der Waals surface area (Å²) in [5, 5.41) is 8.13. The third kappa shape index (κ3) is 23.6. The highest BCUT2D eigenvalue weighted by molar-refractivity contribution is 8.00. The third-order valence-electron chi connectivity index (χ3n) is 18.6. The van der Waals surface area contributed by atoms with Gasteiger partial charge in [-0.1, -0.05) is 45.9 Å². The van der Waals surface area contributed by atoms with Crippen LogP contribution in [0.15, 0.2) is 89.1 Å². The van der Waals surface area contributed by atoms with E-state index in [4.69, 9.17) is 76.3 Å². The molecule has 0 saturated carbocycles. The van der Waals surface area contributed by atoms with Crippen molar-refractivity contribution in [3.63, 3.8) is 0 Å². The number of fused-ring (bicyclic) bond motifs is 5. The quantitative estimate of drug-likeness (QED) is 0.0280. The average Bonchev–Trinajstić information content (AvgIpc) is 1.51. The minimum atomic E-state index is -0.793. The van der Waals surface area contributed by atoms with Gasteiger partial charge in [0.25, 0.3) is 11.8 Å². The first kappa shape index (κ1) is 83.2. The molecular formula is C79H100N8O22S. The maximum absolute atomic E-state index is 14.2. The van der Waals surface area contributed by atoms with Gasteiger partial charge in [0.1, 0.15) is 0 Å². The Labute approximate surface area is 644 Å². The van der Waals surface area contributed by atoms with Gasteiger partial charge in [-0.2, -0.15) is 0 Å². The van der Waals surface area contributed by atoms with Crippen LogP contribution in [0.1, 0.15) is 104 Å². The second kappa shape index (κ2) is 42.8. The van der Waals surface area contributed by atoms with Crippen molar-refractivity contribution in [1.82, 2.24) is 25.3 Å². The van der Waals surface area contributed by atoms with Crippen molar-refractivity contribution in [3.8, 4) is 34.5 Å². The van der Waals surface area contributed by atoms with Crippen molar-refractivity contribution in [2.45, 2.75) is 96.0 Å². The number of benzene rings is 4. The fourth-order valence-corrected chi connectivity index (χ4v) is 13.6. The summed E-state index contributed by atoms with van der Waals surface area (Å²) in [5.41, 5.74) is 5.85. The van der Waals surface area contributed by atoms with E-state index < -0.39 is 12.0 Å². The number of anilines is 1. The minimum absolute atomic E-state index is 0.0386. The van der Waals surface area contributed by atoms with Gasteiger partial charge in [0.2, 0.25) is 36.3 Å². The summed E-state index contributed by atoms with van der Waals surface area (Å²) in [6, 6.07) is 18.3. The first-order valence-corrected chi connectivity index (χ1v) is 38.4. The van der Waals surface area contributed by atoms with Crippen LogP contribution in [0.3, 0.4) is 0 Å². The number of thioether (sulfide) groups is 1. The van der Waals surface area contributed by atoms with E-state index in [0.717, 1.165) is 28.0 Å². The topological polar surface area (TPSA) is 336 Å². The predicted octanol–water partition coefficient (Wildman–Crippen LogP) is 7.81. The molecule has 6 heterocycles. The molecule has 6 aliphatic rings. The molecule has 0 aromatic heterocycles. The van der Waals surface area contributed by atoms with Gasteiger partial charge >= 0.3 is 0 Å². The molecule has 3 N–H and O–H groups in total. The van der Waals surface area contributed by atoms with Gasteiger partial charge in [0.15, 0.2) is 40.3 Å². The number of ketones is 1. The molecule has 0 bridgehead atoms. The van der Waals surface area contributed by atoms with E-state index in [1.165, 1.54) is 30.9 Å². The van der Waals surface area contributed by atoms with Crippen LogP contribution in [0.5, 0.6) is 34.5 Å². The van der Waals surface area contributed by atoms with Gasteiger partial charge < -0.3 is 92.1 Å². The van der Waals surface area contributed by atoms with Crippen LogP contribution in [0, 0.1) is 11.8 Å². The summed E-state index contributed by atoms with van der Waals surface area (Å²) in [4.78, 5) is 119. The Balaban J connectivity index is 0.530. The number of ether oxygens (including phenoxy) is 14. The maximum Gasteiger partial charge on any atom is 0.260 e. The standard InChI is InChI=1S/C79H100N8O22S/c1-7-110-71-45-74(91)85(79(71)95)18-15-72(89)80-17-22-99-24-26-101-28-30-103-32-34-105-36-35-104-33-31-102-29-27-100-25-23-98-21-16-73(90)84-75(51(2)3)64(88)37-52(4)76(92)83-57-12-9-53(10-13-57)55-38-58-46-81-62-43-69(66(96-5)41-60(62)77(93)86(58)48-55)106-19-8-20-107-70-44-63-61(42-67(70)97-6)78(94)87-49-56(39-59(87)47-82-63)54-11-14-65-68(40-54)109-50-108-65/h9-14,40-44,46-49,51-52,58-59,71,75H,7-8,15-39,45,50H2,1-6H3,(H,80,89)(H,83,92)(H,84,90)/t52-,58+,59+,71?,75+/m1/s1. The maximum atomic E-state index is 14.2. The molecule has 594 valence electrons. The second-order valence-corrected chi connectivity index (χ2v) is 28.2. The number of Topliss-reactive ketones (excluding diaryl/α,β-unsaturated/α-hetero) is 1. The summed E-state index contributed by atoms with van der Waals surface area (Å²) in [7, 11) is 3.02. The third-order valence-corrected chi connectivity index (χ3v) is 19.7. The molecule has 1 unspecified atom stereocenters. The van der Waals surface area contributed by atoms with Crippen LogP contribution in [0.4, 0.5) is 17.1 Å². The van der Waals surface area contributed by atoms with Crippen LogP contribution in [-0.4, -0.2) is 256 Å². The summed E-state index contributed by atoms with van der Waals surface area (Å²) in [6.07, 6.45) is 8.95. The van der Waals surface area contributed by atoms with E-state index in [2.05, 4.69) is 16.0 Å². The van der Waals surface area contributed by atoms with Crippen LogP contribution >= 0.6 is 11.8 Å². The number of methoxy groups -OCH3 is 2. The van der Waals surface area contributed by atoms with Gasteiger partial charge in [-0.05, 0) is 70.3 Å². The summed E-state index contributed by atoms with van der Waals surface area (Å²) in [6.45, 7) is 14.0. The first-order valence-electron chi connectivity index (χ1n) is 37.3. The zero-order valence-corrected chi connectivity index (χ0v) is 64.1. The Bertz CT molecular complexity index is 3960. The SMILES string of the molecule is CCSC1CC(=O)N(CCC(=O)NCCOCCOCCOCCOCCOCCOCCOCCOCCC(=O)N[C@H](C(=O)C[C@@H](C)C(=O)Nc2ccc(C3=CN4C(=O)c5cc(OC)c(OCCCOc6cc7c(cc6OC)C(=O)N6C=C(c8ccc9c(c8)OCO9)C[C@H]6C=N7)cc5N=C[C@@H]4C3)cc2)C(C)C)C1=O. The Morgan fingerprint density at radius 2 is 1.06 bits per heavy atom. The molecule has 5 atom stereocenters. The molecule has 10 rings (SSSR count). The fourth-order valence-electron chi connectivity index (χ4n) is 12.7. The minimum Gasteiger partial charge on any atom is -0.493 e. The largest absolute Gasteiger partial charge is 0.493 e. The molecule has 4 aromatic rings. The summed E-state index contributed by atoms with van der Waals surface area (Å²) < 4.78 is 79.1. The number of imide groups is 1. The monoisotopic (exact) mass is 1540 g/mol. The Morgan fingerprint density at radius 1 is 0.564 bits per heavy atom. The number of likely N-dealkylation sites (tertiary alicyclic amines) is 1. The van der Waals surface area contributed by atoms with Crippen molar-refractivity contribution < 1.29 is 105 Å². The highest BCUT2D eigenvalue weighted by Gasteiger charge is 2.40. The molecule has 0 aliphatic carbocycles. The van der Waals surface area contributed by atoms with E-state index in [9.17, 15) is 38.4 Å². The second-order valence-electron chi connectivity index (χ2n) is 26.7. The van der Waals surface area contributed by atoms with Crippen molar-refractivity contribution >= 4 is 99.5 Å². The molecule has 110 heavy (non-hydrogen) atoms. The number of rotatable bonds is 49. The lowest BCUT2D eigenvalue weighted by Crippen LogP contribution is -2.45. The number of nitrogens with one attached hydrogen (secondary N) is 3. The summed E-state index contributed by atoms with van der Waals surface area (Å²) >= 11 is 1.45. The molecule has 7 amide bonds. The van der Waals surface area contributed by atoms with Crippen molar-refractivity contribution in [3.05, 3.63) is 101 Å². The predicted molar refractivity (Wildman–Crippen MR) is 408 cm³/mol. The lowest BCUT2D eigenvalue weighted by Gasteiger charge is -2.23. The molecule has 6 aliphatic heterocycles. The highest BCUT2D eigenvalue weighted by Crippen LogP contribution is 2.44. The van der Waals surface area contributed by atoms with Crippen LogP contribution in [0.2, 0.25) is 0 Å². The summed E-state index contributed by atoms with van der Waals surface area (Å²) in [5.74, 6) is 0.675. The number of amides is 7. The lowest BCUT2D eigenvalue weighted by atomic mass is 9.92. The lowest BCUT2D eigenvalue weighted by molar-refractivity contribution is -0.138. The van der Waals surface area contributed by atoms with Crippen LogP contribution in [0.25, 0.3) is 11.1 Å². The van der Waals surface area contributed by atoms with Crippen molar-refractivity contribution in [2.75, 3.05) is 164 Å². The smallest absolute Gasteiger partial charge is 0.260 e.